The van der Waals surface area contributed by atoms with Crippen LogP contribution >= 0.6 is 35.6 Å². The minimum Gasteiger partial charge on any atom is -0.355 e. The van der Waals surface area contributed by atoms with E-state index in [0.29, 0.717) is 12.6 Å². The Labute approximate surface area is 155 Å². The largest absolute Gasteiger partial charge is 0.355 e. The summed E-state index contributed by atoms with van der Waals surface area (Å²) in [5, 5.41) is 7.46. The van der Waals surface area contributed by atoms with Crippen molar-refractivity contribution in [3.8, 4) is 0 Å². The van der Waals surface area contributed by atoms with Crippen LogP contribution in [-0.2, 0) is 6.54 Å². The van der Waals surface area contributed by atoms with Gasteiger partial charge in [0.25, 0.3) is 0 Å². The third-order valence-electron chi connectivity index (χ3n) is 4.01. The fourth-order valence-electron chi connectivity index (χ4n) is 2.27. The summed E-state index contributed by atoms with van der Waals surface area (Å²) in [7, 11) is 3.99. The Bertz CT molecular complexity index is 491. The van der Waals surface area contributed by atoms with Gasteiger partial charge in [-0.15, -0.1) is 24.0 Å². The van der Waals surface area contributed by atoms with Gasteiger partial charge in [-0.05, 0) is 38.4 Å². The van der Waals surface area contributed by atoms with Crippen molar-refractivity contribution in [1.29, 1.82) is 0 Å². The molecule has 0 saturated heterocycles. The summed E-state index contributed by atoms with van der Waals surface area (Å²) in [6.07, 6.45) is 2.67. The molecule has 0 spiro atoms. The Morgan fingerprint density at radius 1 is 1.36 bits per heavy atom. The first-order valence-electron chi connectivity index (χ1n) is 7.51. The molecule has 0 amide bonds. The standard InChI is InChI=1S/C16H25ClN4.HI/c1-12(21(3)14-8-9-14)10-19-16(18-2)20-11-13-6-4-5-7-15(13)17;/h4-7,12,14H,8-11H2,1-3H3,(H2,18,19,20);1H. The minimum absolute atomic E-state index is 0. The maximum Gasteiger partial charge on any atom is 0.191 e. The van der Waals surface area contributed by atoms with Crippen LogP contribution in [0.1, 0.15) is 25.3 Å². The second-order valence-electron chi connectivity index (χ2n) is 5.64. The van der Waals surface area contributed by atoms with E-state index in [4.69, 9.17) is 11.6 Å². The van der Waals surface area contributed by atoms with Crippen molar-refractivity contribution in [2.45, 2.75) is 38.4 Å². The molecule has 0 aliphatic heterocycles. The Kier molecular flexibility index (Phi) is 8.49. The number of nitrogens with zero attached hydrogens (tertiary/aromatic N) is 2. The molecule has 0 radical (unpaired) electrons. The molecule has 1 fully saturated rings. The van der Waals surface area contributed by atoms with Gasteiger partial charge in [-0.2, -0.15) is 0 Å². The topological polar surface area (TPSA) is 39.7 Å². The first-order chi connectivity index (χ1) is 10.1. The van der Waals surface area contributed by atoms with Crippen molar-refractivity contribution in [3.63, 3.8) is 0 Å². The summed E-state index contributed by atoms with van der Waals surface area (Å²) in [6.45, 7) is 3.80. The zero-order valence-electron chi connectivity index (χ0n) is 13.5. The second kappa shape index (κ2) is 9.57. The molecule has 22 heavy (non-hydrogen) atoms. The van der Waals surface area contributed by atoms with Gasteiger partial charge in [-0.3, -0.25) is 9.89 Å². The lowest BCUT2D eigenvalue weighted by atomic mass is 10.2. The highest BCUT2D eigenvalue weighted by atomic mass is 127. The van der Waals surface area contributed by atoms with Crippen molar-refractivity contribution >= 4 is 41.5 Å². The fourth-order valence-corrected chi connectivity index (χ4v) is 2.47. The van der Waals surface area contributed by atoms with Gasteiger partial charge >= 0.3 is 0 Å². The lowest BCUT2D eigenvalue weighted by Gasteiger charge is -2.25. The molecule has 1 aliphatic rings. The summed E-state index contributed by atoms with van der Waals surface area (Å²) in [5.41, 5.74) is 1.07. The number of rotatable bonds is 6. The van der Waals surface area contributed by atoms with Gasteiger partial charge in [-0.1, -0.05) is 29.8 Å². The highest BCUT2D eigenvalue weighted by Gasteiger charge is 2.28. The van der Waals surface area contributed by atoms with Crippen molar-refractivity contribution < 1.29 is 0 Å². The predicted molar refractivity (Wildman–Crippen MR) is 105 cm³/mol. The normalized spacial score (nSPS) is 16.1. The number of halogens is 2. The highest BCUT2D eigenvalue weighted by Crippen LogP contribution is 2.26. The molecule has 1 atom stereocenters. The molecule has 1 aliphatic carbocycles. The van der Waals surface area contributed by atoms with Gasteiger partial charge < -0.3 is 10.6 Å². The first kappa shape index (κ1) is 19.5. The van der Waals surface area contributed by atoms with Crippen LogP contribution in [0.4, 0.5) is 0 Å². The molecule has 1 unspecified atom stereocenters. The molecule has 4 nitrogen and oxygen atoms in total. The third-order valence-corrected chi connectivity index (χ3v) is 4.38. The van der Waals surface area contributed by atoms with Crippen molar-refractivity contribution in [1.82, 2.24) is 15.5 Å². The molecule has 0 aromatic heterocycles. The maximum absolute atomic E-state index is 6.15. The van der Waals surface area contributed by atoms with E-state index in [1.807, 2.05) is 24.3 Å². The molecular weight excluding hydrogens is 411 g/mol. The van der Waals surface area contributed by atoms with Crippen LogP contribution in [0.5, 0.6) is 0 Å². The van der Waals surface area contributed by atoms with Crippen molar-refractivity contribution in [2.24, 2.45) is 4.99 Å². The highest BCUT2D eigenvalue weighted by molar-refractivity contribution is 14.0. The van der Waals surface area contributed by atoms with Crippen LogP contribution in [0, 0.1) is 0 Å². The molecule has 124 valence electrons. The van der Waals surface area contributed by atoms with E-state index in [0.717, 1.165) is 29.1 Å². The predicted octanol–water partition coefficient (Wildman–Crippen LogP) is 3.11. The van der Waals surface area contributed by atoms with E-state index in [9.17, 15) is 0 Å². The fraction of sp³-hybridized carbons (Fsp3) is 0.562. The van der Waals surface area contributed by atoms with Crippen molar-refractivity contribution in [2.75, 3.05) is 20.6 Å². The maximum atomic E-state index is 6.15. The summed E-state index contributed by atoms with van der Waals surface area (Å²) in [4.78, 5) is 6.70. The van der Waals surface area contributed by atoms with Crippen LogP contribution in [0.2, 0.25) is 5.02 Å². The van der Waals surface area contributed by atoms with Gasteiger partial charge in [0.1, 0.15) is 0 Å². The number of likely N-dealkylation sites (N-methyl/N-ethyl adjacent to an activating group) is 1. The quantitative estimate of drug-likeness (QED) is 0.409. The van der Waals surface area contributed by atoms with E-state index in [1.165, 1.54) is 12.8 Å². The van der Waals surface area contributed by atoms with Crippen molar-refractivity contribution in [3.05, 3.63) is 34.9 Å². The third kappa shape index (κ3) is 5.93. The summed E-state index contributed by atoms with van der Waals surface area (Å²) < 4.78 is 0. The van der Waals surface area contributed by atoms with Crippen LogP contribution < -0.4 is 10.6 Å². The number of aliphatic imine (C=N–C) groups is 1. The molecule has 0 bridgehead atoms. The Balaban J connectivity index is 0.00000242. The summed E-state index contributed by atoms with van der Waals surface area (Å²) in [5.74, 6) is 0.811. The molecule has 6 heteroatoms. The smallest absolute Gasteiger partial charge is 0.191 e. The molecule has 1 aromatic rings. The molecule has 2 rings (SSSR count). The Morgan fingerprint density at radius 2 is 2.05 bits per heavy atom. The number of guanidine groups is 1. The van der Waals surface area contributed by atoms with Gasteiger partial charge in [0.15, 0.2) is 5.96 Å². The van der Waals surface area contributed by atoms with E-state index < -0.39 is 0 Å². The monoisotopic (exact) mass is 436 g/mol. The van der Waals surface area contributed by atoms with E-state index in [2.05, 4.69) is 34.5 Å². The minimum atomic E-state index is 0. The zero-order valence-corrected chi connectivity index (χ0v) is 16.6. The Hall–Kier alpha value is -0.530. The van der Waals surface area contributed by atoms with Crippen LogP contribution in [0.3, 0.4) is 0 Å². The van der Waals surface area contributed by atoms with E-state index >= 15 is 0 Å². The van der Waals surface area contributed by atoms with Crippen LogP contribution in [-0.4, -0.2) is 43.6 Å². The van der Waals surface area contributed by atoms with E-state index in [-0.39, 0.29) is 24.0 Å². The Morgan fingerprint density at radius 3 is 2.64 bits per heavy atom. The van der Waals surface area contributed by atoms with Gasteiger partial charge in [0.2, 0.25) is 0 Å². The molecule has 0 heterocycles. The SMILES string of the molecule is CN=C(NCc1ccccc1Cl)NCC(C)N(C)C1CC1.I. The van der Waals surface area contributed by atoms with Gasteiger partial charge in [0, 0.05) is 37.2 Å². The lowest BCUT2D eigenvalue weighted by Crippen LogP contribution is -2.45. The number of hydrogen-bond donors (Lipinski definition) is 2. The first-order valence-corrected chi connectivity index (χ1v) is 7.89. The average Bonchev–Trinajstić information content (AvgIpc) is 3.32. The molecular formula is C16H26ClIN4. The second-order valence-corrected chi connectivity index (χ2v) is 6.05. The average molecular weight is 437 g/mol. The lowest BCUT2D eigenvalue weighted by molar-refractivity contribution is 0.247. The van der Waals surface area contributed by atoms with E-state index in [1.54, 1.807) is 7.05 Å². The van der Waals surface area contributed by atoms with Crippen LogP contribution in [0.25, 0.3) is 0 Å². The molecule has 2 N–H and O–H groups in total. The number of hydrogen-bond acceptors (Lipinski definition) is 2. The number of benzene rings is 1. The number of nitrogens with one attached hydrogen (secondary N) is 2. The van der Waals surface area contributed by atoms with Gasteiger partial charge in [0.05, 0.1) is 0 Å². The summed E-state index contributed by atoms with van der Waals surface area (Å²) >= 11 is 6.15. The van der Waals surface area contributed by atoms with Gasteiger partial charge in [-0.25, -0.2) is 0 Å². The molecule has 1 aromatic carbocycles. The zero-order chi connectivity index (χ0) is 15.2. The molecule has 1 saturated carbocycles. The van der Waals surface area contributed by atoms with Crippen LogP contribution in [0.15, 0.2) is 29.3 Å². The summed E-state index contributed by atoms with van der Waals surface area (Å²) in [6, 6.07) is 9.13.